The maximum atomic E-state index is 11.8. The van der Waals surface area contributed by atoms with Crippen LogP contribution in [-0.4, -0.2) is 51.8 Å². The van der Waals surface area contributed by atoms with E-state index in [2.05, 4.69) is 9.98 Å². The number of carboxylic acids is 2. The summed E-state index contributed by atoms with van der Waals surface area (Å²) in [5, 5.41) is 30.4. The van der Waals surface area contributed by atoms with E-state index >= 15 is 0 Å². The van der Waals surface area contributed by atoms with Crippen LogP contribution < -0.4 is 0 Å². The Balaban J connectivity index is 1.95. The Morgan fingerprint density at radius 3 is 1.46 bits per heavy atom. The Bertz CT molecular complexity index is 1190. The second kappa shape index (κ2) is 12.1. The van der Waals surface area contributed by atoms with Crippen LogP contribution in [0.2, 0.25) is 0 Å². The quantitative estimate of drug-likeness (QED) is 0.341. The van der Waals surface area contributed by atoms with Crippen LogP contribution >= 0.6 is 0 Å². The molecule has 0 aliphatic heterocycles. The Kier molecular flexibility index (Phi) is 8.95. The summed E-state index contributed by atoms with van der Waals surface area (Å²) in [4.78, 5) is 32.2. The summed E-state index contributed by atoms with van der Waals surface area (Å²) in [6, 6.07) is 19.9. The van der Waals surface area contributed by atoms with E-state index in [1.54, 1.807) is 12.1 Å². The molecule has 0 saturated carbocycles. The number of phenolic OH excluding ortho intramolecular Hbond substituents is 1. The first-order chi connectivity index (χ1) is 17.5. The molecule has 192 valence electrons. The van der Waals surface area contributed by atoms with Gasteiger partial charge in [-0.15, -0.1) is 0 Å². The Hall–Kier alpha value is -4.26. The molecule has 0 aromatic heterocycles. The molecule has 7 nitrogen and oxygen atoms in total. The Morgan fingerprint density at radius 2 is 1.14 bits per heavy atom. The van der Waals surface area contributed by atoms with Gasteiger partial charge in [-0.05, 0) is 34.2 Å². The van der Waals surface area contributed by atoms with E-state index in [-0.39, 0.29) is 24.0 Å². The van der Waals surface area contributed by atoms with Crippen LogP contribution in [0.3, 0.4) is 0 Å². The molecule has 3 aromatic rings. The molecule has 0 heterocycles. The topological polar surface area (TPSA) is 120 Å². The van der Waals surface area contributed by atoms with Crippen molar-refractivity contribution in [2.75, 3.05) is 0 Å². The highest BCUT2D eigenvalue weighted by Crippen LogP contribution is 2.30. The van der Waals surface area contributed by atoms with Crippen molar-refractivity contribution in [2.45, 2.75) is 51.1 Å². The second-order valence-corrected chi connectivity index (χ2v) is 9.90. The van der Waals surface area contributed by atoms with Crippen molar-refractivity contribution < 1.29 is 24.9 Å². The number of hydrogen-bond donors (Lipinski definition) is 3. The number of aliphatic carboxylic acids is 2. The highest BCUT2D eigenvalue weighted by Gasteiger charge is 2.21. The predicted octanol–water partition coefficient (Wildman–Crippen LogP) is 4.92. The minimum Gasteiger partial charge on any atom is -0.507 e. The van der Waals surface area contributed by atoms with E-state index in [9.17, 15) is 24.9 Å². The van der Waals surface area contributed by atoms with Gasteiger partial charge >= 0.3 is 11.9 Å². The molecule has 3 N–H and O–H groups in total. The van der Waals surface area contributed by atoms with Gasteiger partial charge in [-0.1, -0.05) is 81.4 Å². The number of aliphatic imine (C=N–C) groups is 2. The summed E-state index contributed by atoms with van der Waals surface area (Å²) in [6.07, 6.45) is 3.14. The molecule has 0 fully saturated rings. The third kappa shape index (κ3) is 7.87. The average molecular weight is 501 g/mol. The van der Waals surface area contributed by atoms with E-state index in [0.29, 0.717) is 11.1 Å². The van der Waals surface area contributed by atoms with Crippen LogP contribution in [0.4, 0.5) is 0 Å². The maximum Gasteiger partial charge on any atom is 0.328 e. The minimum atomic E-state index is -1.07. The molecule has 2 unspecified atom stereocenters. The van der Waals surface area contributed by atoms with Crippen LogP contribution in [0.25, 0.3) is 0 Å². The number of nitrogens with zero attached hydrogens (tertiary/aromatic N) is 2. The molecular formula is C30H32N2O5. The number of benzene rings is 3. The zero-order chi connectivity index (χ0) is 27.0. The maximum absolute atomic E-state index is 11.8. The first-order valence-electron chi connectivity index (χ1n) is 12.0. The predicted molar refractivity (Wildman–Crippen MR) is 145 cm³/mol. The number of rotatable bonds is 10. The van der Waals surface area contributed by atoms with Gasteiger partial charge in [0.05, 0.1) is 0 Å². The van der Waals surface area contributed by atoms with Crippen molar-refractivity contribution in [1.82, 2.24) is 0 Å². The minimum absolute atomic E-state index is 0.145. The lowest BCUT2D eigenvalue weighted by Crippen LogP contribution is -2.21. The molecule has 3 rings (SSSR count). The number of carboxylic acid groups (broad SMARTS) is 2. The molecule has 37 heavy (non-hydrogen) atoms. The fraction of sp³-hybridized carbons (Fsp3) is 0.267. The molecule has 0 saturated heterocycles. The summed E-state index contributed by atoms with van der Waals surface area (Å²) < 4.78 is 0. The molecule has 0 bridgehead atoms. The number of hydrogen-bond acceptors (Lipinski definition) is 5. The number of aromatic hydroxyl groups is 1. The van der Waals surface area contributed by atoms with Crippen molar-refractivity contribution in [3.05, 3.63) is 101 Å². The average Bonchev–Trinajstić information content (AvgIpc) is 2.85. The highest BCUT2D eigenvalue weighted by molar-refractivity contribution is 5.94. The lowest BCUT2D eigenvalue weighted by atomic mass is 9.85. The largest absolute Gasteiger partial charge is 0.507 e. The van der Waals surface area contributed by atoms with Gasteiger partial charge in [-0.2, -0.15) is 0 Å². The van der Waals surface area contributed by atoms with Gasteiger partial charge in [0.15, 0.2) is 12.1 Å². The summed E-state index contributed by atoms with van der Waals surface area (Å²) in [5.41, 5.74) is 2.91. The van der Waals surface area contributed by atoms with Gasteiger partial charge in [0.2, 0.25) is 0 Å². The van der Waals surface area contributed by atoms with Crippen LogP contribution in [0, 0.1) is 0 Å². The smallest absolute Gasteiger partial charge is 0.328 e. The van der Waals surface area contributed by atoms with Crippen molar-refractivity contribution in [3.8, 4) is 5.75 Å². The number of carbonyl (C=O) groups is 2. The van der Waals surface area contributed by atoms with Crippen LogP contribution in [-0.2, 0) is 27.8 Å². The van der Waals surface area contributed by atoms with Crippen LogP contribution in [0.5, 0.6) is 5.75 Å². The fourth-order valence-electron chi connectivity index (χ4n) is 3.73. The SMILES string of the molecule is CC(C)(C)c1cc(C=NC(Cc2ccccc2)C(=O)O)c(O)c(C=NC(Cc2ccccc2)C(=O)O)c1. The molecule has 0 aliphatic rings. The molecule has 2 atom stereocenters. The van der Waals surface area contributed by atoms with Gasteiger partial charge in [-0.3, -0.25) is 9.98 Å². The van der Waals surface area contributed by atoms with Gasteiger partial charge in [0.25, 0.3) is 0 Å². The Morgan fingerprint density at radius 1 is 0.757 bits per heavy atom. The van der Waals surface area contributed by atoms with E-state index in [1.165, 1.54) is 12.4 Å². The van der Waals surface area contributed by atoms with Crippen molar-refractivity contribution in [1.29, 1.82) is 0 Å². The molecule has 0 spiro atoms. The molecule has 0 amide bonds. The monoisotopic (exact) mass is 500 g/mol. The molecule has 3 aromatic carbocycles. The van der Waals surface area contributed by atoms with Crippen LogP contribution in [0.1, 0.15) is 48.6 Å². The Labute approximate surface area is 216 Å². The summed E-state index contributed by atoms with van der Waals surface area (Å²) in [7, 11) is 0. The van der Waals surface area contributed by atoms with Gasteiger partial charge < -0.3 is 15.3 Å². The summed E-state index contributed by atoms with van der Waals surface area (Å²) in [6.45, 7) is 6.02. The van der Waals surface area contributed by atoms with Gasteiger partial charge in [0.1, 0.15) is 5.75 Å². The van der Waals surface area contributed by atoms with Crippen molar-refractivity contribution in [2.24, 2.45) is 9.98 Å². The lowest BCUT2D eigenvalue weighted by molar-refractivity contribution is -0.139. The molecule has 7 heteroatoms. The second-order valence-electron chi connectivity index (χ2n) is 9.90. The zero-order valence-electron chi connectivity index (χ0n) is 21.2. The summed E-state index contributed by atoms with van der Waals surface area (Å²) in [5.74, 6) is -2.29. The van der Waals surface area contributed by atoms with E-state index in [4.69, 9.17) is 0 Å². The van der Waals surface area contributed by atoms with Gasteiger partial charge in [0, 0.05) is 36.4 Å². The fourth-order valence-corrected chi connectivity index (χ4v) is 3.73. The van der Waals surface area contributed by atoms with Crippen molar-refractivity contribution in [3.63, 3.8) is 0 Å². The number of phenols is 1. The van der Waals surface area contributed by atoms with Crippen LogP contribution in [0.15, 0.2) is 82.8 Å². The molecular weight excluding hydrogens is 468 g/mol. The standard InChI is InChI=1S/C30H32N2O5/c1-30(2,3)24-16-22(18-31-25(28(34)35)14-20-10-6-4-7-11-20)27(33)23(17-24)19-32-26(29(36)37)15-21-12-8-5-9-13-21/h4-13,16-19,25-26,33H,14-15H2,1-3H3,(H,34,35)(H,36,37). The molecule has 0 radical (unpaired) electrons. The third-order valence-electron chi connectivity index (χ3n) is 5.94. The van der Waals surface area contributed by atoms with Crippen molar-refractivity contribution >= 4 is 24.4 Å². The molecule has 0 aliphatic carbocycles. The summed E-state index contributed by atoms with van der Waals surface area (Å²) >= 11 is 0. The first-order valence-corrected chi connectivity index (χ1v) is 12.0. The first kappa shape index (κ1) is 27.3. The van der Waals surface area contributed by atoms with E-state index in [1.807, 2.05) is 81.4 Å². The lowest BCUT2D eigenvalue weighted by Gasteiger charge is -2.21. The van der Waals surface area contributed by atoms with Gasteiger partial charge in [-0.25, -0.2) is 9.59 Å². The normalized spacial score (nSPS) is 13.6. The third-order valence-corrected chi connectivity index (χ3v) is 5.94. The zero-order valence-corrected chi connectivity index (χ0v) is 21.2. The highest BCUT2D eigenvalue weighted by atomic mass is 16.4. The van der Waals surface area contributed by atoms with E-state index in [0.717, 1.165) is 16.7 Å². The van der Waals surface area contributed by atoms with E-state index < -0.39 is 24.0 Å².